The van der Waals surface area contributed by atoms with Crippen LogP contribution < -0.4 is 10.9 Å². The van der Waals surface area contributed by atoms with Crippen molar-refractivity contribution in [2.45, 2.75) is 18.1 Å². The van der Waals surface area contributed by atoms with Crippen LogP contribution in [0.1, 0.15) is 10.4 Å². The van der Waals surface area contributed by atoms with Gasteiger partial charge in [0.15, 0.2) is 5.16 Å². The van der Waals surface area contributed by atoms with E-state index in [1.54, 1.807) is 40.2 Å². The minimum absolute atomic E-state index is 0.0730. The standard InChI is InChI=1S/C21H16N4O2S3/c22-12-14-3-1-4-15(11-14)23-18(26)13-30-21-24-17-7-10-29-19(17)20(27)25(21)8-6-16-5-2-9-28-16/h1-5,7,9-11H,6,8,13H2,(H,23,26). The number of thiophene rings is 2. The lowest BCUT2D eigenvalue weighted by molar-refractivity contribution is -0.113. The van der Waals surface area contributed by atoms with E-state index in [0.717, 1.165) is 6.42 Å². The molecule has 0 aliphatic rings. The minimum Gasteiger partial charge on any atom is -0.325 e. The minimum atomic E-state index is -0.223. The van der Waals surface area contributed by atoms with Crippen molar-refractivity contribution in [3.8, 4) is 6.07 Å². The Balaban J connectivity index is 1.52. The summed E-state index contributed by atoms with van der Waals surface area (Å²) in [6.07, 6.45) is 0.733. The predicted octanol–water partition coefficient (Wildman–Crippen LogP) is 4.36. The number of hydrogen-bond acceptors (Lipinski definition) is 7. The zero-order chi connectivity index (χ0) is 20.9. The molecule has 0 saturated carbocycles. The first-order valence-electron chi connectivity index (χ1n) is 9.07. The van der Waals surface area contributed by atoms with Gasteiger partial charge in [0.1, 0.15) is 4.70 Å². The molecule has 0 radical (unpaired) electrons. The molecule has 150 valence electrons. The van der Waals surface area contributed by atoms with Crippen molar-refractivity contribution >= 4 is 56.2 Å². The van der Waals surface area contributed by atoms with Crippen LogP contribution in [-0.4, -0.2) is 21.2 Å². The molecule has 0 aliphatic carbocycles. The largest absolute Gasteiger partial charge is 0.325 e. The molecule has 4 aromatic rings. The van der Waals surface area contributed by atoms with Gasteiger partial charge in [-0.25, -0.2) is 4.98 Å². The predicted molar refractivity (Wildman–Crippen MR) is 122 cm³/mol. The first-order valence-corrected chi connectivity index (χ1v) is 11.8. The van der Waals surface area contributed by atoms with Crippen molar-refractivity contribution in [3.63, 3.8) is 0 Å². The fourth-order valence-electron chi connectivity index (χ4n) is 2.90. The monoisotopic (exact) mass is 452 g/mol. The molecule has 0 atom stereocenters. The lowest BCUT2D eigenvalue weighted by Gasteiger charge is -2.12. The summed E-state index contributed by atoms with van der Waals surface area (Å²) in [7, 11) is 0. The summed E-state index contributed by atoms with van der Waals surface area (Å²) in [5.74, 6) is -0.114. The van der Waals surface area contributed by atoms with E-state index in [1.165, 1.54) is 28.0 Å². The second kappa shape index (κ2) is 9.26. The molecule has 0 fully saturated rings. The highest BCUT2D eigenvalue weighted by molar-refractivity contribution is 7.99. The number of thioether (sulfide) groups is 1. The summed E-state index contributed by atoms with van der Waals surface area (Å²) < 4.78 is 2.29. The topological polar surface area (TPSA) is 87.8 Å². The number of aryl methyl sites for hydroxylation is 1. The lowest BCUT2D eigenvalue weighted by atomic mass is 10.2. The summed E-state index contributed by atoms with van der Waals surface area (Å²) in [6, 6.07) is 14.7. The van der Waals surface area contributed by atoms with Crippen molar-refractivity contribution in [3.05, 3.63) is 74.0 Å². The van der Waals surface area contributed by atoms with Crippen molar-refractivity contribution in [1.82, 2.24) is 9.55 Å². The number of aromatic nitrogens is 2. The molecule has 3 heterocycles. The van der Waals surface area contributed by atoms with E-state index in [9.17, 15) is 9.59 Å². The Morgan fingerprint density at radius 3 is 2.90 bits per heavy atom. The lowest BCUT2D eigenvalue weighted by Crippen LogP contribution is -2.24. The summed E-state index contributed by atoms with van der Waals surface area (Å²) in [4.78, 5) is 31.2. The Morgan fingerprint density at radius 2 is 2.10 bits per heavy atom. The zero-order valence-corrected chi connectivity index (χ0v) is 18.1. The SMILES string of the molecule is N#Cc1cccc(NC(=O)CSc2nc3ccsc3c(=O)n2CCc2cccs2)c1. The zero-order valence-electron chi connectivity index (χ0n) is 15.7. The molecule has 0 aliphatic heterocycles. The molecule has 0 saturated heterocycles. The van der Waals surface area contributed by atoms with Crippen LogP contribution >= 0.6 is 34.4 Å². The summed E-state index contributed by atoms with van der Waals surface area (Å²) in [5.41, 5.74) is 1.63. The maximum atomic E-state index is 13.0. The molecular formula is C21H16N4O2S3. The molecule has 1 aromatic carbocycles. The molecule has 1 N–H and O–H groups in total. The quantitative estimate of drug-likeness (QED) is 0.332. The van der Waals surface area contributed by atoms with Crippen molar-refractivity contribution in [1.29, 1.82) is 5.26 Å². The van der Waals surface area contributed by atoms with E-state index in [-0.39, 0.29) is 17.2 Å². The molecule has 0 bridgehead atoms. The molecule has 30 heavy (non-hydrogen) atoms. The molecular weight excluding hydrogens is 436 g/mol. The summed E-state index contributed by atoms with van der Waals surface area (Å²) in [5, 5.41) is 16.2. The van der Waals surface area contributed by atoms with Gasteiger partial charge in [0.05, 0.1) is 22.9 Å². The van der Waals surface area contributed by atoms with Crippen LogP contribution in [0.2, 0.25) is 0 Å². The average molecular weight is 453 g/mol. The molecule has 0 unspecified atom stereocenters. The Bertz CT molecular complexity index is 1290. The number of nitrogens with zero attached hydrogens (tertiary/aromatic N) is 3. The van der Waals surface area contributed by atoms with Gasteiger partial charge in [0.2, 0.25) is 5.91 Å². The highest BCUT2D eigenvalue weighted by Gasteiger charge is 2.14. The Hall–Kier alpha value is -2.93. The van der Waals surface area contributed by atoms with Gasteiger partial charge < -0.3 is 5.32 Å². The van der Waals surface area contributed by atoms with Gasteiger partial charge in [-0.3, -0.25) is 14.2 Å². The highest BCUT2D eigenvalue weighted by Crippen LogP contribution is 2.22. The van der Waals surface area contributed by atoms with Gasteiger partial charge in [-0.05, 0) is 47.5 Å². The normalized spacial score (nSPS) is 10.8. The molecule has 4 rings (SSSR count). The van der Waals surface area contributed by atoms with Crippen LogP contribution in [0.4, 0.5) is 5.69 Å². The third kappa shape index (κ3) is 4.62. The maximum Gasteiger partial charge on any atom is 0.272 e. The third-order valence-electron chi connectivity index (χ3n) is 4.30. The fourth-order valence-corrected chi connectivity index (χ4v) is 5.20. The highest BCUT2D eigenvalue weighted by atomic mass is 32.2. The molecule has 0 spiro atoms. The number of carbonyl (C=O) groups excluding carboxylic acids is 1. The fraction of sp³-hybridized carbons (Fsp3) is 0.143. The summed E-state index contributed by atoms with van der Waals surface area (Å²) >= 11 is 4.27. The van der Waals surface area contributed by atoms with E-state index < -0.39 is 0 Å². The van der Waals surface area contributed by atoms with E-state index in [0.29, 0.717) is 33.2 Å². The van der Waals surface area contributed by atoms with Crippen LogP contribution in [0.5, 0.6) is 0 Å². The number of nitriles is 1. The van der Waals surface area contributed by atoms with Gasteiger partial charge >= 0.3 is 0 Å². The van der Waals surface area contributed by atoms with Crippen molar-refractivity contribution in [2.24, 2.45) is 0 Å². The molecule has 6 nitrogen and oxygen atoms in total. The van der Waals surface area contributed by atoms with Gasteiger partial charge in [-0.1, -0.05) is 23.9 Å². The van der Waals surface area contributed by atoms with Crippen LogP contribution in [0, 0.1) is 11.3 Å². The van der Waals surface area contributed by atoms with Gasteiger partial charge in [0.25, 0.3) is 5.56 Å². The van der Waals surface area contributed by atoms with Gasteiger partial charge in [-0.2, -0.15) is 5.26 Å². The molecule has 1 amide bonds. The summed E-state index contributed by atoms with van der Waals surface area (Å²) in [6.45, 7) is 0.508. The van der Waals surface area contributed by atoms with E-state index in [4.69, 9.17) is 5.26 Å². The van der Waals surface area contributed by atoms with Crippen LogP contribution in [-0.2, 0) is 17.8 Å². The number of nitrogens with one attached hydrogen (secondary N) is 1. The number of hydrogen-bond donors (Lipinski definition) is 1. The van der Waals surface area contributed by atoms with E-state index in [1.807, 2.05) is 35.0 Å². The third-order valence-corrected chi connectivity index (χ3v) is 7.10. The smallest absolute Gasteiger partial charge is 0.272 e. The molecule has 3 aromatic heterocycles. The number of rotatable bonds is 7. The van der Waals surface area contributed by atoms with E-state index in [2.05, 4.69) is 10.3 Å². The first kappa shape index (κ1) is 20.3. The number of anilines is 1. The van der Waals surface area contributed by atoms with Gasteiger partial charge in [-0.15, -0.1) is 22.7 Å². The first-order chi connectivity index (χ1) is 14.6. The Morgan fingerprint density at radius 1 is 1.20 bits per heavy atom. The number of carbonyl (C=O) groups is 1. The van der Waals surface area contributed by atoms with Crippen molar-refractivity contribution in [2.75, 3.05) is 11.1 Å². The molecule has 9 heteroatoms. The Labute approximate surface area is 184 Å². The van der Waals surface area contributed by atoms with Crippen LogP contribution in [0.3, 0.4) is 0 Å². The average Bonchev–Trinajstić information content (AvgIpc) is 3.44. The van der Waals surface area contributed by atoms with Crippen molar-refractivity contribution < 1.29 is 4.79 Å². The van der Waals surface area contributed by atoms with Crippen LogP contribution in [0.25, 0.3) is 10.2 Å². The second-order valence-corrected chi connectivity index (χ2v) is 9.24. The van der Waals surface area contributed by atoms with Gasteiger partial charge in [0, 0.05) is 17.1 Å². The van der Waals surface area contributed by atoms with Crippen LogP contribution in [0.15, 0.2) is 63.2 Å². The number of fused-ring (bicyclic) bond motifs is 1. The Kier molecular flexibility index (Phi) is 6.28. The maximum absolute atomic E-state index is 13.0. The van der Waals surface area contributed by atoms with E-state index >= 15 is 0 Å². The number of amides is 1. The second-order valence-electron chi connectivity index (χ2n) is 6.34. The number of benzene rings is 1.